The lowest BCUT2D eigenvalue weighted by Gasteiger charge is -2.37. The summed E-state index contributed by atoms with van der Waals surface area (Å²) >= 11 is 1.87. The van der Waals surface area contributed by atoms with E-state index >= 15 is 0 Å². The van der Waals surface area contributed by atoms with Crippen LogP contribution in [-0.4, -0.2) is 56.1 Å². The molecule has 4 nitrogen and oxygen atoms in total. The summed E-state index contributed by atoms with van der Waals surface area (Å²) in [5.41, 5.74) is 2.45. The van der Waals surface area contributed by atoms with Gasteiger partial charge >= 0.3 is 0 Å². The molecule has 0 atom stereocenters. The fraction of sp³-hybridized carbons (Fsp3) is 0.529. The molecule has 120 valence electrons. The minimum Gasteiger partial charge on any atom is -0.497 e. The Morgan fingerprint density at radius 1 is 1.14 bits per heavy atom. The van der Waals surface area contributed by atoms with E-state index in [1.807, 2.05) is 23.9 Å². The van der Waals surface area contributed by atoms with Gasteiger partial charge in [-0.15, -0.1) is 11.8 Å². The second-order valence-electron chi connectivity index (χ2n) is 5.87. The Morgan fingerprint density at radius 2 is 1.91 bits per heavy atom. The lowest BCUT2D eigenvalue weighted by Crippen LogP contribution is -2.41. The molecule has 2 aliphatic rings. The maximum atomic E-state index is 5.59. The Bertz CT molecular complexity index is 554. The molecule has 3 rings (SSSR count). The average molecular weight is 320 g/mol. The van der Waals surface area contributed by atoms with Gasteiger partial charge in [0.05, 0.1) is 25.8 Å². The number of hydrogen-bond donors (Lipinski definition) is 0. The van der Waals surface area contributed by atoms with Gasteiger partial charge in [-0.05, 0) is 50.5 Å². The normalized spacial score (nSPS) is 20.1. The molecule has 0 radical (unpaired) electrons. The van der Waals surface area contributed by atoms with Crippen LogP contribution in [0.1, 0.15) is 18.4 Å². The smallest absolute Gasteiger partial charge is 0.131 e. The molecule has 0 unspecified atom stereocenters. The average Bonchev–Trinajstić information content (AvgIpc) is 3.04. The van der Waals surface area contributed by atoms with Crippen LogP contribution >= 0.6 is 11.8 Å². The zero-order valence-corrected chi connectivity index (χ0v) is 14.4. The summed E-state index contributed by atoms with van der Waals surface area (Å²) in [6, 6.07) is 6.71. The van der Waals surface area contributed by atoms with E-state index < -0.39 is 0 Å². The minimum atomic E-state index is 0.629. The van der Waals surface area contributed by atoms with Gasteiger partial charge in [-0.25, -0.2) is 0 Å². The molecule has 1 aromatic carbocycles. The molecule has 0 aliphatic carbocycles. The van der Waals surface area contributed by atoms with Crippen molar-refractivity contribution in [3.63, 3.8) is 0 Å². The maximum absolute atomic E-state index is 5.59. The SMILES string of the molecule is COc1ccc(C2=CSCN2C2CCN(C)CC2)c(OC)c1. The van der Waals surface area contributed by atoms with Gasteiger partial charge < -0.3 is 19.3 Å². The van der Waals surface area contributed by atoms with Crippen LogP contribution in [0.2, 0.25) is 0 Å². The van der Waals surface area contributed by atoms with Crippen molar-refractivity contribution >= 4 is 17.5 Å². The Balaban J connectivity index is 1.84. The number of piperidine rings is 1. The third-order valence-electron chi connectivity index (χ3n) is 4.53. The van der Waals surface area contributed by atoms with Crippen LogP contribution in [0.25, 0.3) is 5.70 Å². The van der Waals surface area contributed by atoms with Crippen molar-refractivity contribution in [1.29, 1.82) is 0 Å². The van der Waals surface area contributed by atoms with Gasteiger partial charge in [0.1, 0.15) is 11.5 Å². The Morgan fingerprint density at radius 3 is 2.59 bits per heavy atom. The fourth-order valence-electron chi connectivity index (χ4n) is 3.17. The summed E-state index contributed by atoms with van der Waals surface area (Å²) < 4.78 is 10.9. The van der Waals surface area contributed by atoms with Crippen molar-refractivity contribution in [2.24, 2.45) is 0 Å². The zero-order chi connectivity index (χ0) is 15.5. The molecule has 22 heavy (non-hydrogen) atoms. The first-order valence-electron chi connectivity index (χ1n) is 7.72. The molecule has 1 aromatic rings. The Hall–Kier alpha value is -1.33. The highest BCUT2D eigenvalue weighted by Gasteiger charge is 2.29. The molecule has 2 heterocycles. The lowest BCUT2D eigenvalue weighted by atomic mass is 10.0. The molecule has 2 aliphatic heterocycles. The van der Waals surface area contributed by atoms with Crippen molar-refractivity contribution in [2.45, 2.75) is 18.9 Å². The van der Waals surface area contributed by atoms with Crippen LogP contribution in [0.4, 0.5) is 0 Å². The number of hydrogen-bond acceptors (Lipinski definition) is 5. The monoisotopic (exact) mass is 320 g/mol. The Labute approximate surface area is 137 Å². The summed E-state index contributed by atoms with van der Waals surface area (Å²) in [6.07, 6.45) is 2.46. The highest BCUT2D eigenvalue weighted by Crippen LogP contribution is 2.40. The van der Waals surface area contributed by atoms with E-state index in [4.69, 9.17) is 9.47 Å². The van der Waals surface area contributed by atoms with Crippen LogP contribution in [0.3, 0.4) is 0 Å². The molecule has 1 saturated heterocycles. The third-order valence-corrected chi connectivity index (χ3v) is 5.35. The van der Waals surface area contributed by atoms with Gasteiger partial charge in [0.2, 0.25) is 0 Å². The number of rotatable bonds is 4. The Kier molecular flexibility index (Phi) is 4.84. The summed E-state index contributed by atoms with van der Waals surface area (Å²) in [5, 5.41) is 2.27. The van der Waals surface area contributed by atoms with Gasteiger partial charge in [-0.1, -0.05) is 0 Å². The zero-order valence-electron chi connectivity index (χ0n) is 13.5. The second kappa shape index (κ2) is 6.84. The van der Waals surface area contributed by atoms with Crippen LogP contribution in [0.5, 0.6) is 11.5 Å². The largest absolute Gasteiger partial charge is 0.497 e. The number of thioether (sulfide) groups is 1. The topological polar surface area (TPSA) is 24.9 Å². The van der Waals surface area contributed by atoms with Gasteiger partial charge in [0, 0.05) is 17.7 Å². The van der Waals surface area contributed by atoms with E-state index in [1.54, 1.807) is 14.2 Å². The quantitative estimate of drug-likeness (QED) is 0.849. The lowest BCUT2D eigenvalue weighted by molar-refractivity contribution is 0.183. The fourth-order valence-corrected chi connectivity index (χ4v) is 4.18. The molecular weight excluding hydrogens is 296 g/mol. The molecule has 0 N–H and O–H groups in total. The van der Waals surface area contributed by atoms with Crippen LogP contribution in [0, 0.1) is 0 Å². The van der Waals surface area contributed by atoms with Crippen LogP contribution in [-0.2, 0) is 0 Å². The minimum absolute atomic E-state index is 0.629. The maximum Gasteiger partial charge on any atom is 0.131 e. The third kappa shape index (κ3) is 3.06. The summed E-state index contributed by atoms with van der Waals surface area (Å²) in [4.78, 5) is 4.96. The summed E-state index contributed by atoms with van der Waals surface area (Å²) in [6.45, 7) is 2.36. The van der Waals surface area contributed by atoms with E-state index in [0.717, 1.165) is 22.9 Å². The molecule has 0 spiro atoms. The highest BCUT2D eigenvalue weighted by molar-refractivity contribution is 8.02. The van der Waals surface area contributed by atoms with E-state index in [2.05, 4.69) is 28.3 Å². The second-order valence-corrected chi connectivity index (χ2v) is 6.70. The van der Waals surface area contributed by atoms with E-state index in [0.29, 0.717) is 6.04 Å². The number of methoxy groups -OCH3 is 2. The van der Waals surface area contributed by atoms with E-state index in [-0.39, 0.29) is 0 Å². The molecule has 0 aromatic heterocycles. The van der Waals surface area contributed by atoms with Gasteiger partial charge in [-0.3, -0.25) is 0 Å². The first kappa shape index (κ1) is 15.6. The molecule has 0 amide bonds. The first-order valence-corrected chi connectivity index (χ1v) is 8.77. The van der Waals surface area contributed by atoms with Gasteiger partial charge in [0.25, 0.3) is 0 Å². The number of nitrogens with zero attached hydrogens (tertiary/aromatic N) is 2. The first-order chi connectivity index (χ1) is 10.7. The van der Waals surface area contributed by atoms with Crippen molar-refractivity contribution in [1.82, 2.24) is 9.80 Å². The molecule has 0 bridgehead atoms. The van der Waals surface area contributed by atoms with Crippen LogP contribution in [0.15, 0.2) is 23.6 Å². The van der Waals surface area contributed by atoms with Crippen molar-refractivity contribution in [3.05, 3.63) is 29.2 Å². The summed E-state index contributed by atoms with van der Waals surface area (Å²) in [7, 11) is 5.61. The molecule has 5 heteroatoms. The van der Waals surface area contributed by atoms with Crippen molar-refractivity contribution in [3.8, 4) is 11.5 Å². The number of ether oxygens (including phenoxy) is 2. The number of benzene rings is 1. The van der Waals surface area contributed by atoms with E-state index in [1.165, 1.54) is 31.6 Å². The van der Waals surface area contributed by atoms with Gasteiger partial charge in [-0.2, -0.15) is 0 Å². The van der Waals surface area contributed by atoms with Gasteiger partial charge in [0.15, 0.2) is 0 Å². The highest BCUT2D eigenvalue weighted by atomic mass is 32.2. The number of likely N-dealkylation sites (tertiary alicyclic amines) is 1. The standard InChI is InChI=1S/C17H24N2O2S/c1-18-8-6-13(7-9-18)19-12-22-11-16(19)15-5-4-14(20-2)10-17(15)21-3/h4-5,10-11,13H,6-9,12H2,1-3H3. The molecular formula is C17H24N2O2S. The predicted molar refractivity (Wildman–Crippen MR) is 92.3 cm³/mol. The summed E-state index contributed by atoms with van der Waals surface area (Å²) in [5.74, 6) is 2.75. The van der Waals surface area contributed by atoms with Crippen molar-refractivity contribution < 1.29 is 9.47 Å². The predicted octanol–water partition coefficient (Wildman–Crippen LogP) is 3.10. The molecule has 0 saturated carbocycles. The van der Waals surface area contributed by atoms with Crippen LogP contribution < -0.4 is 9.47 Å². The van der Waals surface area contributed by atoms with E-state index in [9.17, 15) is 0 Å². The van der Waals surface area contributed by atoms with Crippen molar-refractivity contribution in [2.75, 3.05) is 40.2 Å². The molecule has 1 fully saturated rings.